The number of hydrogen-bond donors (Lipinski definition) is 3. The first-order valence-corrected chi connectivity index (χ1v) is 9.23. The summed E-state index contributed by atoms with van der Waals surface area (Å²) in [4.78, 5) is 26.0. The molecule has 138 valence electrons. The van der Waals surface area contributed by atoms with Crippen LogP contribution in [0.2, 0.25) is 5.02 Å². The number of carbonyl (C=O) groups is 2. The van der Waals surface area contributed by atoms with Crippen LogP contribution < -0.4 is 16.0 Å². The summed E-state index contributed by atoms with van der Waals surface area (Å²) in [6.07, 6.45) is 4.01. The van der Waals surface area contributed by atoms with Crippen LogP contribution in [0.4, 0.5) is 10.5 Å². The Balaban J connectivity index is 1.58. The van der Waals surface area contributed by atoms with Crippen molar-refractivity contribution in [3.8, 4) is 0 Å². The lowest BCUT2D eigenvalue weighted by Gasteiger charge is -2.26. The monoisotopic (exact) mass is 366 g/mol. The number of nitrogens with zero attached hydrogens (tertiary/aromatic N) is 1. The second-order valence-electron chi connectivity index (χ2n) is 6.30. The molecule has 0 aromatic heterocycles. The van der Waals surface area contributed by atoms with E-state index in [9.17, 15) is 9.59 Å². The van der Waals surface area contributed by atoms with E-state index in [0.717, 1.165) is 25.2 Å². The molecule has 0 saturated carbocycles. The van der Waals surface area contributed by atoms with Crippen molar-refractivity contribution in [3.05, 3.63) is 28.8 Å². The highest BCUT2D eigenvalue weighted by atomic mass is 35.5. The molecule has 1 aliphatic heterocycles. The molecule has 3 N–H and O–H groups in total. The molecule has 3 amide bonds. The Morgan fingerprint density at radius 1 is 1.12 bits per heavy atom. The number of urea groups is 1. The molecule has 1 heterocycles. The summed E-state index contributed by atoms with van der Waals surface area (Å²) >= 11 is 6.03. The standard InChI is InChI=1S/C18H27ClN4O2/c1-14-15(19)6-5-7-16(14)22-17(24)8-9-20-18(25)21-10-13-23-11-3-2-4-12-23/h5-7H,2-4,8-13H2,1H3,(H,22,24)(H2,20,21,25). The first-order valence-electron chi connectivity index (χ1n) is 8.85. The van der Waals surface area contributed by atoms with E-state index in [1.165, 1.54) is 19.3 Å². The second kappa shape index (κ2) is 10.3. The van der Waals surface area contributed by atoms with Crippen LogP contribution >= 0.6 is 11.6 Å². The smallest absolute Gasteiger partial charge is 0.314 e. The molecule has 1 fully saturated rings. The molecule has 0 spiro atoms. The number of hydrogen-bond acceptors (Lipinski definition) is 3. The third-order valence-corrected chi connectivity index (χ3v) is 4.75. The van der Waals surface area contributed by atoms with Gasteiger partial charge in [-0.15, -0.1) is 0 Å². The minimum Gasteiger partial charge on any atom is -0.338 e. The fraction of sp³-hybridized carbons (Fsp3) is 0.556. The number of likely N-dealkylation sites (tertiary alicyclic amines) is 1. The Morgan fingerprint density at radius 2 is 1.84 bits per heavy atom. The van der Waals surface area contributed by atoms with E-state index >= 15 is 0 Å². The molecule has 2 rings (SSSR count). The minimum absolute atomic E-state index is 0.154. The molecule has 0 radical (unpaired) electrons. The van der Waals surface area contributed by atoms with Gasteiger partial charge in [0.2, 0.25) is 5.91 Å². The van der Waals surface area contributed by atoms with E-state index in [2.05, 4.69) is 20.9 Å². The average Bonchev–Trinajstić information content (AvgIpc) is 2.60. The summed E-state index contributed by atoms with van der Waals surface area (Å²) in [6.45, 7) is 5.88. The van der Waals surface area contributed by atoms with E-state index in [1.807, 2.05) is 6.92 Å². The van der Waals surface area contributed by atoms with Gasteiger partial charge in [-0.05, 0) is 50.6 Å². The second-order valence-corrected chi connectivity index (χ2v) is 6.70. The third-order valence-electron chi connectivity index (χ3n) is 4.34. The van der Waals surface area contributed by atoms with Gasteiger partial charge in [-0.25, -0.2) is 4.79 Å². The van der Waals surface area contributed by atoms with Crippen LogP contribution in [0.25, 0.3) is 0 Å². The first kappa shape index (κ1) is 19.5. The molecule has 25 heavy (non-hydrogen) atoms. The van der Waals surface area contributed by atoms with Crippen LogP contribution in [0, 0.1) is 6.92 Å². The average molecular weight is 367 g/mol. The largest absolute Gasteiger partial charge is 0.338 e. The van der Waals surface area contributed by atoms with Gasteiger partial charge in [0, 0.05) is 36.8 Å². The maximum atomic E-state index is 11.9. The molecule has 6 nitrogen and oxygen atoms in total. The predicted octanol–water partition coefficient (Wildman–Crippen LogP) is 2.76. The molecule has 1 aromatic carbocycles. The molecule has 0 unspecified atom stereocenters. The van der Waals surface area contributed by atoms with Gasteiger partial charge in [-0.3, -0.25) is 4.79 Å². The fourth-order valence-electron chi connectivity index (χ4n) is 2.82. The predicted molar refractivity (Wildman–Crippen MR) is 101 cm³/mol. The Kier molecular flexibility index (Phi) is 8.01. The summed E-state index contributed by atoms with van der Waals surface area (Å²) in [5.74, 6) is -0.154. The third kappa shape index (κ3) is 6.92. The Hall–Kier alpha value is -1.79. The molecular weight excluding hydrogens is 340 g/mol. The van der Waals surface area contributed by atoms with Gasteiger partial charge >= 0.3 is 6.03 Å². The van der Waals surface area contributed by atoms with Crippen molar-refractivity contribution in [1.29, 1.82) is 0 Å². The highest BCUT2D eigenvalue weighted by Crippen LogP contribution is 2.22. The highest BCUT2D eigenvalue weighted by molar-refractivity contribution is 6.31. The first-order chi connectivity index (χ1) is 12.1. The zero-order chi connectivity index (χ0) is 18.1. The highest BCUT2D eigenvalue weighted by Gasteiger charge is 2.10. The molecule has 1 saturated heterocycles. The van der Waals surface area contributed by atoms with Gasteiger partial charge in [0.1, 0.15) is 0 Å². The Bertz CT molecular complexity index is 588. The maximum absolute atomic E-state index is 11.9. The summed E-state index contributed by atoms with van der Waals surface area (Å²) in [7, 11) is 0. The number of nitrogens with one attached hydrogen (secondary N) is 3. The minimum atomic E-state index is -0.233. The SMILES string of the molecule is Cc1c(Cl)cccc1NC(=O)CCNC(=O)NCCN1CCCCC1. The van der Waals surface area contributed by atoms with Crippen molar-refractivity contribution in [2.24, 2.45) is 0 Å². The van der Waals surface area contributed by atoms with Gasteiger partial charge in [0.15, 0.2) is 0 Å². The van der Waals surface area contributed by atoms with Gasteiger partial charge in [0.25, 0.3) is 0 Å². The fourth-order valence-corrected chi connectivity index (χ4v) is 2.99. The van der Waals surface area contributed by atoms with Crippen LogP contribution in [-0.2, 0) is 4.79 Å². The van der Waals surface area contributed by atoms with E-state index in [1.54, 1.807) is 18.2 Å². The molecule has 1 aromatic rings. The van der Waals surface area contributed by atoms with Crippen LogP contribution in [0.15, 0.2) is 18.2 Å². The van der Waals surface area contributed by atoms with E-state index in [4.69, 9.17) is 11.6 Å². The molecular formula is C18H27ClN4O2. The number of amides is 3. The van der Waals surface area contributed by atoms with E-state index in [-0.39, 0.29) is 18.4 Å². The van der Waals surface area contributed by atoms with Crippen LogP contribution in [0.5, 0.6) is 0 Å². The Morgan fingerprint density at radius 3 is 2.60 bits per heavy atom. The number of rotatable bonds is 7. The summed E-state index contributed by atoms with van der Waals surface area (Å²) in [5.41, 5.74) is 1.53. The zero-order valence-electron chi connectivity index (χ0n) is 14.7. The summed E-state index contributed by atoms with van der Waals surface area (Å²) in [5, 5.41) is 8.96. The molecule has 1 aliphatic rings. The molecule has 0 aliphatic carbocycles. The lowest BCUT2D eigenvalue weighted by atomic mass is 10.1. The normalized spacial score (nSPS) is 14.8. The number of carbonyl (C=O) groups excluding carboxylic acids is 2. The lowest BCUT2D eigenvalue weighted by Crippen LogP contribution is -2.42. The summed E-state index contributed by atoms with van der Waals surface area (Å²) < 4.78 is 0. The van der Waals surface area contributed by atoms with Crippen molar-refractivity contribution in [2.75, 3.05) is 38.0 Å². The van der Waals surface area contributed by atoms with Crippen molar-refractivity contribution < 1.29 is 9.59 Å². The van der Waals surface area contributed by atoms with Crippen molar-refractivity contribution in [1.82, 2.24) is 15.5 Å². The van der Waals surface area contributed by atoms with Gasteiger partial charge in [-0.2, -0.15) is 0 Å². The topological polar surface area (TPSA) is 73.5 Å². The maximum Gasteiger partial charge on any atom is 0.314 e. The Labute approximate surface area is 154 Å². The van der Waals surface area contributed by atoms with Crippen LogP contribution in [0.3, 0.4) is 0 Å². The van der Waals surface area contributed by atoms with E-state index in [0.29, 0.717) is 23.8 Å². The lowest BCUT2D eigenvalue weighted by molar-refractivity contribution is -0.116. The van der Waals surface area contributed by atoms with Crippen LogP contribution in [-0.4, -0.2) is 49.6 Å². The molecule has 0 atom stereocenters. The quantitative estimate of drug-likeness (QED) is 0.694. The number of anilines is 1. The molecule has 0 bridgehead atoms. The van der Waals surface area contributed by atoms with Crippen molar-refractivity contribution in [2.45, 2.75) is 32.6 Å². The number of piperidine rings is 1. The van der Waals surface area contributed by atoms with Crippen molar-refractivity contribution >= 4 is 29.2 Å². The van der Waals surface area contributed by atoms with E-state index < -0.39 is 0 Å². The zero-order valence-corrected chi connectivity index (χ0v) is 15.5. The van der Waals surface area contributed by atoms with Gasteiger partial charge in [-0.1, -0.05) is 24.1 Å². The number of halogens is 1. The van der Waals surface area contributed by atoms with Crippen LogP contribution in [0.1, 0.15) is 31.2 Å². The molecule has 7 heteroatoms. The van der Waals surface area contributed by atoms with Gasteiger partial charge in [0.05, 0.1) is 0 Å². The van der Waals surface area contributed by atoms with Gasteiger partial charge < -0.3 is 20.9 Å². The number of benzene rings is 1. The summed E-state index contributed by atoms with van der Waals surface area (Å²) in [6, 6.07) is 5.14. The van der Waals surface area contributed by atoms with Crippen molar-refractivity contribution in [3.63, 3.8) is 0 Å².